The third-order valence-corrected chi connectivity index (χ3v) is 10.1. The van der Waals surface area contributed by atoms with Crippen LogP contribution in [0.5, 0.6) is 0 Å². The monoisotopic (exact) mass is 489 g/mol. The predicted molar refractivity (Wildman–Crippen MR) is 99.8 cm³/mol. The molecular weight excluding hydrogens is 471 g/mol. The normalized spacial score (nSPS) is 25.8. The minimum Gasteiger partial charge on any atom is -0.354 e. The first kappa shape index (κ1) is 24.7. The number of rotatable bonds is 8. The van der Waals surface area contributed by atoms with Crippen LogP contribution in [-0.2, 0) is 22.7 Å². The Balaban J connectivity index is 2.18. The maximum Gasteiger partial charge on any atom is 0.445 e. The third-order valence-electron chi connectivity index (χ3n) is 4.12. The highest BCUT2D eigenvalue weighted by atomic mass is 32.1. The van der Waals surface area contributed by atoms with E-state index in [2.05, 4.69) is 19.3 Å². The summed E-state index contributed by atoms with van der Waals surface area (Å²) >= 11 is 0. The number of nitrogens with zero attached hydrogens (tertiary/aromatic N) is 4. The summed E-state index contributed by atoms with van der Waals surface area (Å²) in [4.78, 5) is 64.5. The standard InChI is InChI=1S/C11H18N5O11P3/c1-6-5-16(11(18)13-10(6)17)9-4-7(14-15-12)8(26-9)2-3-28(19,20)27-30(24,25)29(21,22)23/h5,7-9H,2-4H2,1H3,(H,19,20)(H,24,25)(H,13,17,18)(H2,21,22,23)/t7-,8+,9+/m0/s1. The van der Waals surface area contributed by atoms with E-state index in [4.69, 9.17) is 24.9 Å². The number of aromatic amines is 1. The molecule has 30 heavy (non-hydrogen) atoms. The van der Waals surface area contributed by atoms with Crippen molar-refractivity contribution in [2.45, 2.75) is 38.1 Å². The molecule has 0 spiro atoms. The molecule has 0 aliphatic carbocycles. The first-order chi connectivity index (χ1) is 13.7. The van der Waals surface area contributed by atoms with Gasteiger partial charge in [-0.2, -0.15) is 0 Å². The smallest absolute Gasteiger partial charge is 0.354 e. The van der Waals surface area contributed by atoms with Crippen molar-refractivity contribution in [2.24, 2.45) is 5.11 Å². The van der Waals surface area contributed by atoms with Gasteiger partial charge in [-0.15, -0.1) is 0 Å². The molecule has 0 bridgehead atoms. The van der Waals surface area contributed by atoms with Crippen LogP contribution in [0.1, 0.15) is 24.6 Å². The van der Waals surface area contributed by atoms with Gasteiger partial charge in [0, 0.05) is 23.1 Å². The Bertz CT molecular complexity index is 1120. The van der Waals surface area contributed by atoms with Gasteiger partial charge in [0.25, 0.3) is 5.56 Å². The van der Waals surface area contributed by atoms with Crippen LogP contribution < -0.4 is 11.2 Å². The van der Waals surface area contributed by atoms with E-state index in [1.54, 1.807) is 0 Å². The summed E-state index contributed by atoms with van der Waals surface area (Å²) in [5.74, 6) is 0. The van der Waals surface area contributed by atoms with Gasteiger partial charge in [-0.3, -0.25) is 18.9 Å². The lowest BCUT2D eigenvalue weighted by molar-refractivity contribution is -0.00425. The highest BCUT2D eigenvalue weighted by Gasteiger charge is 2.48. The largest absolute Gasteiger partial charge is 0.445 e. The lowest BCUT2D eigenvalue weighted by Crippen LogP contribution is -2.33. The van der Waals surface area contributed by atoms with Crippen molar-refractivity contribution in [1.29, 1.82) is 0 Å². The molecule has 0 saturated carbocycles. The second kappa shape index (κ2) is 8.89. The Hall–Kier alpha value is -1.56. The molecular formula is C11H18N5O11P3. The Morgan fingerprint density at radius 2 is 1.97 bits per heavy atom. The molecule has 19 heteroatoms. The van der Waals surface area contributed by atoms with Gasteiger partial charge in [-0.05, 0) is 18.9 Å². The molecule has 5 N–H and O–H groups in total. The lowest BCUT2D eigenvalue weighted by atomic mass is 10.1. The molecule has 5 atom stereocenters. The van der Waals surface area contributed by atoms with Crippen molar-refractivity contribution >= 4 is 22.2 Å². The van der Waals surface area contributed by atoms with Crippen LogP contribution in [0.15, 0.2) is 20.9 Å². The average Bonchev–Trinajstić information content (AvgIpc) is 2.97. The minimum absolute atomic E-state index is 0.0301. The molecule has 0 radical (unpaired) electrons. The van der Waals surface area contributed by atoms with Gasteiger partial charge in [0.2, 0.25) is 0 Å². The number of aryl methyl sites for hydroxylation is 1. The van der Waals surface area contributed by atoms with Crippen LogP contribution in [0.3, 0.4) is 0 Å². The third kappa shape index (κ3) is 5.77. The number of nitrogens with one attached hydrogen (secondary N) is 1. The Kier molecular flexibility index (Phi) is 7.33. The van der Waals surface area contributed by atoms with Crippen molar-refractivity contribution < 1.29 is 42.3 Å². The molecule has 1 aromatic rings. The Labute approximate surface area is 167 Å². The maximum atomic E-state index is 12.0. The Morgan fingerprint density at radius 3 is 2.53 bits per heavy atom. The van der Waals surface area contributed by atoms with Gasteiger partial charge in [0.1, 0.15) is 6.23 Å². The van der Waals surface area contributed by atoms with Crippen molar-refractivity contribution in [1.82, 2.24) is 9.55 Å². The number of aromatic nitrogens is 2. The number of ether oxygens (including phenoxy) is 1. The van der Waals surface area contributed by atoms with Gasteiger partial charge in [0.05, 0.1) is 18.3 Å². The van der Waals surface area contributed by atoms with E-state index in [-0.39, 0.29) is 18.4 Å². The van der Waals surface area contributed by atoms with E-state index in [1.807, 2.05) is 0 Å². The van der Waals surface area contributed by atoms with Gasteiger partial charge in [0.15, 0.2) is 0 Å². The van der Waals surface area contributed by atoms with Crippen LogP contribution in [0.4, 0.5) is 0 Å². The average molecular weight is 489 g/mol. The fourth-order valence-electron chi connectivity index (χ4n) is 2.68. The minimum atomic E-state index is -5.71. The van der Waals surface area contributed by atoms with Crippen molar-refractivity contribution in [3.05, 3.63) is 43.0 Å². The maximum absolute atomic E-state index is 12.0. The number of H-pyrrole nitrogens is 1. The van der Waals surface area contributed by atoms with Gasteiger partial charge in [-0.25, -0.2) is 18.2 Å². The zero-order chi connectivity index (χ0) is 22.9. The first-order valence-corrected chi connectivity index (χ1v) is 13.8. The Morgan fingerprint density at radius 1 is 1.33 bits per heavy atom. The van der Waals surface area contributed by atoms with Crippen LogP contribution in [0.2, 0.25) is 0 Å². The molecule has 0 amide bonds. The molecule has 168 valence electrons. The van der Waals surface area contributed by atoms with Gasteiger partial charge in [-0.1, -0.05) is 5.11 Å². The number of azide groups is 1. The summed E-state index contributed by atoms with van der Waals surface area (Å²) in [5.41, 5.74) is 7.51. The SMILES string of the molecule is Cc1cn([C@H]2C[C@H](N=[N+]=[N-])[C@@H](CCP(=O)(O)OP(=O)(O)P(=O)(O)O)O2)c(=O)[nH]c1=O. The molecule has 16 nitrogen and oxygen atoms in total. The second-order valence-electron chi connectivity index (χ2n) is 6.35. The fourth-order valence-corrected chi connectivity index (χ4v) is 7.18. The quantitative estimate of drug-likeness (QED) is 0.147. The zero-order valence-corrected chi connectivity index (χ0v) is 17.9. The summed E-state index contributed by atoms with van der Waals surface area (Å²) < 4.78 is 44.8. The van der Waals surface area contributed by atoms with Gasteiger partial charge >= 0.3 is 27.9 Å². The molecule has 1 aliphatic rings. The predicted octanol–water partition coefficient (Wildman–Crippen LogP) is 0.682. The topological polar surface area (TPSA) is 254 Å². The number of hydrogen-bond donors (Lipinski definition) is 5. The second-order valence-corrected chi connectivity index (χ2v) is 13.8. The van der Waals surface area contributed by atoms with Crippen LogP contribution >= 0.6 is 22.2 Å². The summed E-state index contributed by atoms with van der Waals surface area (Å²) in [5, 5.41) is 3.49. The van der Waals surface area contributed by atoms with Crippen molar-refractivity contribution in [2.75, 3.05) is 6.16 Å². The summed E-state index contributed by atoms with van der Waals surface area (Å²) in [6, 6.07) is -0.915. The zero-order valence-electron chi connectivity index (χ0n) is 15.2. The summed E-state index contributed by atoms with van der Waals surface area (Å²) in [6.07, 6.45) is -2.09. The molecule has 1 aromatic heterocycles. The molecule has 0 aromatic carbocycles. The summed E-state index contributed by atoms with van der Waals surface area (Å²) in [7, 11) is -16.4. The van der Waals surface area contributed by atoms with E-state index < -0.39 is 57.9 Å². The van der Waals surface area contributed by atoms with Crippen LogP contribution in [-0.4, -0.2) is 47.4 Å². The van der Waals surface area contributed by atoms with Crippen LogP contribution in [0, 0.1) is 6.92 Å². The highest BCUT2D eigenvalue weighted by Crippen LogP contribution is 2.80. The van der Waals surface area contributed by atoms with Crippen LogP contribution in [0.25, 0.3) is 10.4 Å². The van der Waals surface area contributed by atoms with E-state index in [1.165, 1.54) is 13.1 Å². The van der Waals surface area contributed by atoms with E-state index >= 15 is 0 Å². The molecule has 2 unspecified atom stereocenters. The molecule has 2 rings (SSSR count). The van der Waals surface area contributed by atoms with Crippen molar-refractivity contribution in [3.8, 4) is 0 Å². The fraction of sp³-hybridized carbons (Fsp3) is 0.636. The van der Waals surface area contributed by atoms with E-state index in [0.717, 1.165) is 4.57 Å². The van der Waals surface area contributed by atoms with Crippen molar-refractivity contribution in [3.63, 3.8) is 0 Å². The molecule has 1 fully saturated rings. The molecule has 1 aliphatic heterocycles. The molecule has 1 saturated heterocycles. The lowest BCUT2D eigenvalue weighted by Gasteiger charge is -2.20. The highest BCUT2D eigenvalue weighted by molar-refractivity contribution is 8.27. The number of hydrogen-bond acceptors (Lipinski definition) is 8. The van der Waals surface area contributed by atoms with Gasteiger partial charge < -0.3 is 24.3 Å². The molecule has 2 heterocycles. The van der Waals surface area contributed by atoms with E-state index in [0.29, 0.717) is 0 Å². The van der Waals surface area contributed by atoms with E-state index in [9.17, 15) is 28.2 Å². The first-order valence-electron chi connectivity index (χ1n) is 8.10. The summed E-state index contributed by atoms with van der Waals surface area (Å²) in [6.45, 7) is 1.44.